The number of benzene rings is 1. The summed E-state index contributed by atoms with van der Waals surface area (Å²) < 4.78 is 7.16. The minimum Gasteiger partial charge on any atom is -0.422 e. The molecule has 1 amide bonds. The van der Waals surface area contributed by atoms with Gasteiger partial charge in [0.2, 0.25) is 0 Å². The van der Waals surface area contributed by atoms with Gasteiger partial charge in [0.05, 0.1) is 6.54 Å². The molecule has 1 N–H and O–H groups in total. The average Bonchev–Trinajstić information content (AvgIpc) is 2.83. The van der Waals surface area contributed by atoms with Gasteiger partial charge < -0.3 is 14.3 Å². The van der Waals surface area contributed by atoms with E-state index >= 15 is 0 Å². The van der Waals surface area contributed by atoms with Crippen molar-refractivity contribution in [3.63, 3.8) is 0 Å². The summed E-state index contributed by atoms with van der Waals surface area (Å²) in [5.41, 5.74) is 1.94. The van der Waals surface area contributed by atoms with Gasteiger partial charge in [-0.3, -0.25) is 4.79 Å². The van der Waals surface area contributed by atoms with E-state index in [4.69, 9.17) is 4.42 Å². The molecule has 3 aromatic rings. The van der Waals surface area contributed by atoms with Crippen molar-refractivity contribution >= 4 is 16.9 Å². The van der Waals surface area contributed by atoms with E-state index in [9.17, 15) is 9.59 Å². The van der Waals surface area contributed by atoms with Gasteiger partial charge in [0.15, 0.2) is 0 Å². The Morgan fingerprint density at radius 1 is 1.23 bits per heavy atom. The van der Waals surface area contributed by atoms with Crippen LogP contribution in [0, 0.1) is 6.92 Å². The molecule has 1 aromatic carbocycles. The normalized spacial score (nSPS) is 10.8. The van der Waals surface area contributed by atoms with Gasteiger partial charge in [-0.1, -0.05) is 18.2 Å². The standard InChI is InChI=1S/C17H16N2O3/c1-11-7-8-13(19(11)2)10-18-16(20)14-9-12-5-3-4-6-15(12)22-17(14)21/h3-9H,10H2,1-2H3,(H,18,20). The minimum absolute atomic E-state index is 0.0182. The molecule has 0 aliphatic carbocycles. The number of hydrogen-bond donors (Lipinski definition) is 1. The van der Waals surface area contributed by atoms with Gasteiger partial charge in [-0.15, -0.1) is 0 Å². The van der Waals surface area contributed by atoms with Gasteiger partial charge >= 0.3 is 5.63 Å². The number of nitrogens with zero attached hydrogens (tertiary/aromatic N) is 1. The lowest BCUT2D eigenvalue weighted by atomic mass is 10.2. The van der Waals surface area contributed by atoms with Crippen LogP contribution in [0.15, 0.2) is 51.7 Å². The summed E-state index contributed by atoms with van der Waals surface area (Å²) in [4.78, 5) is 24.1. The second-order valence-electron chi connectivity index (χ2n) is 5.19. The molecule has 0 saturated heterocycles. The van der Waals surface area contributed by atoms with Crippen LogP contribution < -0.4 is 10.9 Å². The van der Waals surface area contributed by atoms with Crippen molar-refractivity contribution in [2.45, 2.75) is 13.5 Å². The SMILES string of the molecule is Cc1ccc(CNC(=O)c2cc3ccccc3oc2=O)n1C. The van der Waals surface area contributed by atoms with E-state index in [1.807, 2.05) is 36.7 Å². The number of amides is 1. The largest absolute Gasteiger partial charge is 0.422 e. The van der Waals surface area contributed by atoms with E-state index in [0.717, 1.165) is 16.8 Å². The maximum atomic E-state index is 12.2. The molecule has 2 aromatic heterocycles. The summed E-state index contributed by atoms with van der Waals surface area (Å²) >= 11 is 0. The van der Waals surface area contributed by atoms with Crippen LogP contribution in [0.2, 0.25) is 0 Å². The van der Waals surface area contributed by atoms with Crippen LogP contribution in [0.25, 0.3) is 11.0 Å². The van der Waals surface area contributed by atoms with Crippen LogP contribution in [0.1, 0.15) is 21.7 Å². The number of rotatable bonds is 3. The topological polar surface area (TPSA) is 64.2 Å². The maximum Gasteiger partial charge on any atom is 0.349 e. The smallest absolute Gasteiger partial charge is 0.349 e. The van der Waals surface area contributed by atoms with Crippen molar-refractivity contribution in [1.82, 2.24) is 9.88 Å². The van der Waals surface area contributed by atoms with Gasteiger partial charge in [0.25, 0.3) is 5.91 Å². The van der Waals surface area contributed by atoms with E-state index in [-0.39, 0.29) is 5.56 Å². The molecule has 0 aliphatic heterocycles. The molecule has 5 nitrogen and oxygen atoms in total. The Morgan fingerprint density at radius 2 is 2.00 bits per heavy atom. The summed E-state index contributed by atoms with van der Waals surface area (Å²) in [5.74, 6) is -0.432. The van der Waals surface area contributed by atoms with Gasteiger partial charge in [-0.05, 0) is 31.2 Å². The Balaban J connectivity index is 1.84. The van der Waals surface area contributed by atoms with Gasteiger partial charge in [0, 0.05) is 23.8 Å². The lowest BCUT2D eigenvalue weighted by Crippen LogP contribution is -2.28. The van der Waals surface area contributed by atoms with E-state index in [1.54, 1.807) is 24.3 Å². The lowest BCUT2D eigenvalue weighted by molar-refractivity contribution is 0.0946. The number of carbonyl (C=O) groups is 1. The molecule has 0 aliphatic rings. The minimum atomic E-state index is -0.626. The third kappa shape index (κ3) is 2.53. The molecule has 3 rings (SSSR count). The van der Waals surface area contributed by atoms with E-state index in [2.05, 4.69) is 5.32 Å². The summed E-state index contributed by atoms with van der Waals surface area (Å²) in [6.07, 6.45) is 0. The summed E-state index contributed by atoms with van der Waals surface area (Å²) in [6, 6.07) is 12.6. The molecule has 0 radical (unpaired) electrons. The van der Waals surface area contributed by atoms with Crippen molar-refractivity contribution < 1.29 is 9.21 Å². The lowest BCUT2D eigenvalue weighted by Gasteiger charge is -2.07. The first-order chi connectivity index (χ1) is 10.6. The monoisotopic (exact) mass is 296 g/mol. The highest BCUT2D eigenvalue weighted by Gasteiger charge is 2.14. The molecule has 5 heteroatoms. The summed E-state index contributed by atoms with van der Waals surface area (Å²) in [5, 5.41) is 3.48. The first-order valence-corrected chi connectivity index (χ1v) is 6.98. The van der Waals surface area contributed by atoms with Crippen molar-refractivity contribution in [3.8, 4) is 0 Å². The van der Waals surface area contributed by atoms with Crippen molar-refractivity contribution in [3.05, 3.63) is 69.8 Å². The number of aryl methyl sites for hydroxylation is 1. The second-order valence-corrected chi connectivity index (χ2v) is 5.19. The molecule has 112 valence electrons. The highest BCUT2D eigenvalue weighted by molar-refractivity contribution is 5.96. The third-order valence-corrected chi connectivity index (χ3v) is 3.79. The van der Waals surface area contributed by atoms with Crippen molar-refractivity contribution in [2.75, 3.05) is 0 Å². The van der Waals surface area contributed by atoms with Gasteiger partial charge in [-0.2, -0.15) is 0 Å². The Kier molecular flexibility index (Phi) is 3.55. The molecule has 0 bridgehead atoms. The highest BCUT2D eigenvalue weighted by atomic mass is 16.4. The Morgan fingerprint density at radius 3 is 2.73 bits per heavy atom. The van der Waals surface area contributed by atoms with Crippen LogP contribution in [0.4, 0.5) is 0 Å². The zero-order valence-corrected chi connectivity index (χ0v) is 12.4. The maximum absolute atomic E-state index is 12.2. The second kappa shape index (κ2) is 5.52. The number of carbonyl (C=O) groups excluding carboxylic acids is 1. The van der Waals surface area contributed by atoms with Crippen LogP contribution in [-0.2, 0) is 13.6 Å². The first kappa shape index (κ1) is 14.1. The molecule has 0 saturated carbocycles. The number of aromatic nitrogens is 1. The number of hydrogen-bond acceptors (Lipinski definition) is 3. The molecule has 2 heterocycles. The molecule has 0 spiro atoms. The Hall–Kier alpha value is -2.82. The molecule has 0 fully saturated rings. The van der Waals surface area contributed by atoms with Crippen LogP contribution in [-0.4, -0.2) is 10.5 Å². The number of para-hydroxylation sites is 1. The highest BCUT2D eigenvalue weighted by Crippen LogP contribution is 2.12. The summed E-state index contributed by atoms with van der Waals surface area (Å²) in [6.45, 7) is 2.35. The zero-order valence-electron chi connectivity index (χ0n) is 12.4. The molecule has 22 heavy (non-hydrogen) atoms. The van der Waals surface area contributed by atoms with Crippen molar-refractivity contribution in [2.24, 2.45) is 7.05 Å². The van der Waals surface area contributed by atoms with E-state index in [0.29, 0.717) is 12.1 Å². The van der Waals surface area contributed by atoms with Crippen LogP contribution in [0.5, 0.6) is 0 Å². The van der Waals surface area contributed by atoms with Gasteiger partial charge in [0.1, 0.15) is 11.1 Å². The molecular formula is C17H16N2O3. The molecule has 0 atom stereocenters. The Bertz CT molecular complexity index is 906. The predicted octanol–water partition coefficient (Wildman–Crippen LogP) is 2.37. The molecular weight excluding hydrogens is 280 g/mol. The fourth-order valence-corrected chi connectivity index (χ4v) is 2.33. The van der Waals surface area contributed by atoms with Crippen LogP contribution in [0.3, 0.4) is 0 Å². The van der Waals surface area contributed by atoms with Gasteiger partial charge in [-0.25, -0.2) is 4.79 Å². The number of fused-ring (bicyclic) bond motifs is 1. The third-order valence-electron chi connectivity index (χ3n) is 3.79. The quantitative estimate of drug-likeness (QED) is 0.755. The number of nitrogens with one attached hydrogen (secondary N) is 1. The molecule has 0 unspecified atom stereocenters. The Labute approximate surface area is 127 Å². The first-order valence-electron chi connectivity index (χ1n) is 6.98. The van der Waals surface area contributed by atoms with Crippen molar-refractivity contribution in [1.29, 1.82) is 0 Å². The fraction of sp³-hybridized carbons (Fsp3) is 0.176. The van der Waals surface area contributed by atoms with E-state index < -0.39 is 11.5 Å². The zero-order chi connectivity index (χ0) is 15.7. The van der Waals surface area contributed by atoms with Crippen LogP contribution >= 0.6 is 0 Å². The van der Waals surface area contributed by atoms with E-state index in [1.165, 1.54) is 0 Å². The summed E-state index contributed by atoms with van der Waals surface area (Å²) in [7, 11) is 1.93. The average molecular weight is 296 g/mol. The predicted molar refractivity (Wildman–Crippen MR) is 83.8 cm³/mol. The fourth-order valence-electron chi connectivity index (χ4n) is 2.33.